The van der Waals surface area contributed by atoms with Gasteiger partial charge in [0.05, 0.1) is 21.3 Å². The first-order valence-corrected chi connectivity index (χ1v) is 5.36. The first-order valence-electron chi connectivity index (χ1n) is 4.54. The number of nitrogens with zero attached hydrogens (tertiary/aromatic N) is 1. The second-order valence-electron chi connectivity index (χ2n) is 3.37. The quantitative estimate of drug-likeness (QED) is 0.694. The largest absolute Gasteiger partial charge is 0.416 e. The van der Waals surface area contributed by atoms with Crippen LogP contribution in [0.1, 0.15) is 5.56 Å². The Morgan fingerprint density at radius 1 is 1.39 bits per heavy atom. The minimum absolute atomic E-state index is 0.0937. The SMILES string of the molecule is Nc1nc(=O)c2cc(C(F)(F)F)cc(NO)c2s1. The maximum absolute atomic E-state index is 12.6. The third-order valence-corrected chi connectivity index (χ3v) is 3.13. The summed E-state index contributed by atoms with van der Waals surface area (Å²) in [5.41, 5.74) is 4.81. The van der Waals surface area contributed by atoms with E-state index in [9.17, 15) is 18.0 Å². The van der Waals surface area contributed by atoms with Crippen molar-refractivity contribution in [3.8, 4) is 0 Å². The first kappa shape index (κ1) is 12.6. The molecular formula is C9H6F3N3O2S. The lowest BCUT2D eigenvalue weighted by Crippen LogP contribution is -2.12. The van der Waals surface area contributed by atoms with E-state index in [0.29, 0.717) is 12.1 Å². The summed E-state index contributed by atoms with van der Waals surface area (Å²) in [5, 5.41) is 8.49. The van der Waals surface area contributed by atoms with E-state index in [2.05, 4.69) is 4.98 Å². The number of aromatic nitrogens is 1. The van der Waals surface area contributed by atoms with Gasteiger partial charge in [0.15, 0.2) is 5.13 Å². The van der Waals surface area contributed by atoms with Gasteiger partial charge in [-0.05, 0) is 12.1 Å². The molecule has 0 spiro atoms. The van der Waals surface area contributed by atoms with Gasteiger partial charge in [0.25, 0.3) is 5.56 Å². The van der Waals surface area contributed by atoms with Crippen molar-refractivity contribution < 1.29 is 18.4 Å². The molecule has 0 aliphatic carbocycles. The Labute approximate surface area is 102 Å². The molecule has 1 aromatic heterocycles. The number of alkyl halides is 3. The van der Waals surface area contributed by atoms with Crippen LogP contribution in [-0.4, -0.2) is 10.2 Å². The van der Waals surface area contributed by atoms with Crippen LogP contribution >= 0.6 is 11.3 Å². The highest BCUT2D eigenvalue weighted by atomic mass is 32.1. The fourth-order valence-electron chi connectivity index (χ4n) is 1.43. The summed E-state index contributed by atoms with van der Waals surface area (Å²) in [4.78, 5) is 14.8. The highest BCUT2D eigenvalue weighted by Gasteiger charge is 2.32. The average molecular weight is 277 g/mol. The number of rotatable bonds is 1. The van der Waals surface area contributed by atoms with Crippen LogP contribution in [0.5, 0.6) is 0 Å². The maximum Gasteiger partial charge on any atom is 0.416 e. The molecule has 0 saturated carbocycles. The number of halogens is 3. The Balaban J connectivity index is 2.89. The second kappa shape index (κ2) is 4.10. The monoisotopic (exact) mass is 277 g/mol. The zero-order valence-corrected chi connectivity index (χ0v) is 9.39. The molecule has 0 aliphatic rings. The number of hydrogen-bond acceptors (Lipinski definition) is 6. The van der Waals surface area contributed by atoms with Crippen LogP contribution in [0, 0.1) is 0 Å². The van der Waals surface area contributed by atoms with Crippen molar-refractivity contribution in [3.05, 3.63) is 28.0 Å². The molecule has 5 nitrogen and oxygen atoms in total. The summed E-state index contributed by atoms with van der Waals surface area (Å²) in [6.45, 7) is 0. The van der Waals surface area contributed by atoms with Crippen molar-refractivity contribution in [1.29, 1.82) is 0 Å². The number of anilines is 2. The van der Waals surface area contributed by atoms with Gasteiger partial charge < -0.3 is 5.73 Å². The summed E-state index contributed by atoms with van der Waals surface area (Å²) >= 11 is 0.803. The molecule has 0 radical (unpaired) electrons. The molecule has 96 valence electrons. The van der Waals surface area contributed by atoms with Crippen molar-refractivity contribution in [2.75, 3.05) is 11.2 Å². The fourth-order valence-corrected chi connectivity index (χ4v) is 2.24. The third kappa shape index (κ3) is 2.09. The number of nitrogens with one attached hydrogen (secondary N) is 1. The second-order valence-corrected chi connectivity index (χ2v) is 4.40. The Morgan fingerprint density at radius 2 is 2.06 bits per heavy atom. The lowest BCUT2D eigenvalue weighted by molar-refractivity contribution is -0.137. The smallest absolute Gasteiger partial charge is 0.375 e. The Hall–Kier alpha value is -1.87. The number of hydrogen-bond donors (Lipinski definition) is 3. The van der Waals surface area contributed by atoms with Crippen LogP contribution < -0.4 is 16.8 Å². The van der Waals surface area contributed by atoms with Crippen LogP contribution in [0.3, 0.4) is 0 Å². The molecule has 0 bridgehead atoms. The predicted molar refractivity (Wildman–Crippen MR) is 60.7 cm³/mol. The fraction of sp³-hybridized carbons (Fsp3) is 0.111. The Bertz CT molecular complexity index is 668. The zero-order valence-electron chi connectivity index (χ0n) is 8.58. The Kier molecular flexibility index (Phi) is 2.87. The van der Waals surface area contributed by atoms with E-state index in [4.69, 9.17) is 10.9 Å². The molecule has 1 aromatic carbocycles. The van der Waals surface area contributed by atoms with Crippen molar-refractivity contribution in [2.45, 2.75) is 6.18 Å². The number of benzene rings is 1. The van der Waals surface area contributed by atoms with Crippen molar-refractivity contribution in [3.63, 3.8) is 0 Å². The summed E-state index contributed by atoms with van der Waals surface area (Å²) < 4.78 is 37.9. The van der Waals surface area contributed by atoms with E-state index in [-0.39, 0.29) is 20.9 Å². The van der Waals surface area contributed by atoms with Gasteiger partial charge in [-0.3, -0.25) is 15.5 Å². The zero-order chi connectivity index (χ0) is 13.5. The summed E-state index contributed by atoms with van der Waals surface area (Å²) in [6, 6.07) is 1.37. The van der Waals surface area contributed by atoms with Crippen LogP contribution in [0.25, 0.3) is 10.1 Å². The standard InChI is InChI=1S/C9H6F3N3O2S/c10-9(11,12)3-1-4-6(5(2-3)15-17)18-8(13)14-7(4)16/h1-2,15,17H,(H2,13,14,16). The van der Waals surface area contributed by atoms with E-state index in [1.54, 1.807) is 5.48 Å². The lowest BCUT2D eigenvalue weighted by Gasteiger charge is -2.10. The van der Waals surface area contributed by atoms with E-state index >= 15 is 0 Å². The highest BCUT2D eigenvalue weighted by Crippen LogP contribution is 2.36. The van der Waals surface area contributed by atoms with Crippen LogP contribution in [0.4, 0.5) is 24.0 Å². The molecule has 0 amide bonds. The molecule has 0 fully saturated rings. The first-order chi connectivity index (χ1) is 8.32. The molecule has 1 heterocycles. The molecule has 0 unspecified atom stereocenters. The van der Waals surface area contributed by atoms with Gasteiger partial charge >= 0.3 is 6.18 Å². The molecule has 2 aromatic rings. The van der Waals surface area contributed by atoms with Gasteiger partial charge in [-0.25, -0.2) is 0 Å². The van der Waals surface area contributed by atoms with Crippen LogP contribution in [-0.2, 0) is 6.18 Å². The molecule has 0 saturated heterocycles. The predicted octanol–water partition coefficient (Wildman–Crippen LogP) is 2.06. The molecule has 9 heteroatoms. The van der Waals surface area contributed by atoms with Crippen molar-refractivity contribution >= 4 is 32.2 Å². The van der Waals surface area contributed by atoms with Crippen LogP contribution in [0.15, 0.2) is 16.9 Å². The average Bonchev–Trinajstić information content (AvgIpc) is 2.26. The number of nitrogen functional groups attached to an aromatic ring is 1. The number of fused-ring (bicyclic) bond motifs is 1. The molecule has 0 aliphatic heterocycles. The van der Waals surface area contributed by atoms with Gasteiger partial charge in [0.2, 0.25) is 0 Å². The molecule has 0 atom stereocenters. The molecule has 2 rings (SSSR count). The van der Waals surface area contributed by atoms with Gasteiger partial charge in [-0.1, -0.05) is 11.3 Å². The van der Waals surface area contributed by atoms with Gasteiger partial charge in [-0.2, -0.15) is 18.2 Å². The topological polar surface area (TPSA) is 88.2 Å². The van der Waals surface area contributed by atoms with E-state index in [1.165, 1.54) is 0 Å². The molecule has 4 N–H and O–H groups in total. The van der Waals surface area contributed by atoms with Gasteiger partial charge in [-0.15, -0.1) is 0 Å². The molecular weight excluding hydrogens is 271 g/mol. The molecule has 18 heavy (non-hydrogen) atoms. The van der Waals surface area contributed by atoms with E-state index in [0.717, 1.165) is 11.3 Å². The van der Waals surface area contributed by atoms with Crippen molar-refractivity contribution in [1.82, 2.24) is 4.98 Å². The van der Waals surface area contributed by atoms with Gasteiger partial charge in [0.1, 0.15) is 0 Å². The van der Waals surface area contributed by atoms with E-state index in [1.807, 2.05) is 0 Å². The summed E-state index contributed by atoms with van der Waals surface area (Å²) in [6.07, 6.45) is -4.63. The minimum Gasteiger partial charge on any atom is -0.375 e. The van der Waals surface area contributed by atoms with E-state index < -0.39 is 17.3 Å². The maximum atomic E-state index is 12.6. The third-order valence-electron chi connectivity index (χ3n) is 2.19. The van der Waals surface area contributed by atoms with Crippen LogP contribution in [0.2, 0.25) is 0 Å². The highest BCUT2D eigenvalue weighted by molar-refractivity contribution is 7.22. The normalized spacial score (nSPS) is 11.8. The van der Waals surface area contributed by atoms with Crippen molar-refractivity contribution in [2.24, 2.45) is 0 Å². The lowest BCUT2D eigenvalue weighted by atomic mass is 10.1. The minimum atomic E-state index is -4.63. The van der Waals surface area contributed by atoms with Gasteiger partial charge in [0, 0.05) is 0 Å². The summed E-state index contributed by atoms with van der Waals surface area (Å²) in [7, 11) is 0. The number of nitrogens with two attached hydrogens (primary N) is 1. The Morgan fingerprint density at radius 3 is 2.61 bits per heavy atom. The summed E-state index contributed by atoms with van der Waals surface area (Å²) in [5.74, 6) is 0.